The predicted octanol–water partition coefficient (Wildman–Crippen LogP) is 2.71. The lowest BCUT2D eigenvalue weighted by Gasteiger charge is -2.18. The molecule has 0 bridgehead atoms. The number of carbonyl (C=O) groups excluding carboxylic acids is 1. The second kappa shape index (κ2) is 7.83. The molecule has 0 saturated carbocycles. The highest BCUT2D eigenvalue weighted by Gasteiger charge is 2.19. The smallest absolute Gasteiger partial charge is 0.286 e. The van der Waals surface area contributed by atoms with Crippen LogP contribution in [0.2, 0.25) is 0 Å². The van der Waals surface area contributed by atoms with Crippen LogP contribution in [0.5, 0.6) is 0 Å². The number of carbonyl (C=O) groups is 1. The normalized spacial score (nSPS) is 17.4. The maximum absolute atomic E-state index is 12.2. The number of nitrogens with zero attached hydrogens (tertiary/aromatic N) is 3. The van der Waals surface area contributed by atoms with Gasteiger partial charge in [-0.25, -0.2) is 0 Å². The van der Waals surface area contributed by atoms with Gasteiger partial charge in [0.15, 0.2) is 0 Å². The van der Waals surface area contributed by atoms with E-state index in [1.54, 1.807) is 0 Å². The van der Waals surface area contributed by atoms with Crippen LogP contribution >= 0.6 is 11.3 Å². The zero-order valence-corrected chi connectivity index (χ0v) is 14.8. The van der Waals surface area contributed by atoms with Crippen LogP contribution in [-0.2, 0) is 11.3 Å². The van der Waals surface area contributed by atoms with Crippen LogP contribution in [0.25, 0.3) is 0 Å². The summed E-state index contributed by atoms with van der Waals surface area (Å²) in [6.45, 7) is 4.43. The van der Waals surface area contributed by atoms with Crippen molar-refractivity contribution in [3.63, 3.8) is 0 Å². The minimum Gasteiger partial charge on any atom is -0.377 e. The van der Waals surface area contributed by atoms with Crippen molar-refractivity contribution in [1.29, 1.82) is 0 Å². The molecule has 128 valence electrons. The van der Waals surface area contributed by atoms with Crippen molar-refractivity contribution in [3.05, 3.63) is 39.8 Å². The van der Waals surface area contributed by atoms with Gasteiger partial charge in [-0.1, -0.05) is 29.0 Å². The summed E-state index contributed by atoms with van der Waals surface area (Å²) in [5, 5.41) is 12.2. The van der Waals surface area contributed by atoms with E-state index in [0.29, 0.717) is 17.7 Å². The minimum atomic E-state index is -0.218. The van der Waals surface area contributed by atoms with Gasteiger partial charge in [0.1, 0.15) is 5.01 Å². The first-order valence-electron chi connectivity index (χ1n) is 8.11. The molecule has 0 radical (unpaired) electrons. The van der Waals surface area contributed by atoms with E-state index in [-0.39, 0.29) is 5.91 Å². The molecule has 1 aliphatic heterocycles. The summed E-state index contributed by atoms with van der Waals surface area (Å²) in [6, 6.07) is 7.68. The van der Waals surface area contributed by atoms with Gasteiger partial charge in [-0.2, -0.15) is 0 Å². The standard InChI is InChI=1S/C17H22N4O2S/c1-12-5-7-13(8-6-12)18-16(22)17-20-19-15(24-17)11-21(2)10-14-4-3-9-23-14/h5-8,14H,3-4,9-11H2,1-2H3,(H,18,22)/t14-/m1/s1. The molecule has 6 nitrogen and oxygen atoms in total. The molecule has 1 amide bonds. The topological polar surface area (TPSA) is 67.4 Å². The molecule has 24 heavy (non-hydrogen) atoms. The number of benzene rings is 1. The molecule has 2 heterocycles. The highest BCUT2D eigenvalue weighted by molar-refractivity contribution is 7.13. The summed E-state index contributed by atoms with van der Waals surface area (Å²) in [7, 11) is 2.04. The van der Waals surface area contributed by atoms with Crippen molar-refractivity contribution in [1.82, 2.24) is 15.1 Å². The average Bonchev–Trinajstić information content (AvgIpc) is 3.21. The van der Waals surface area contributed by atoms with E-state index in [9.17, 15) is 4.79 Å². The van der Waals surface area contributed by atoms with Gasteiger partial charge in [0.2, 0.25) is 5.01 Å². The van der Waals surface area contributed by atoms with Crippen molar-refractivity contribution in [3.8, 4) is 0 Å². The van der Waals surface area contributed by atoms with Crippen LogP contribution in [0.3, 0.4) is 0 Å². The third kappa shape index (κ3) is 4.59. The Bertz CT molecular complexity index is 680. The Morgan fingerprint density at radius 1 is 1.38 bits per heavy atom. The Balaban J connectivity index is 1.54. The van der Waals surface area contributed by atoms with Crippen LogP contribution in [0.4, 0.5) is 5.69 Å². The Hall–Kier alpha value is -1.83. The lowest BCUT2D eigenvalue weighted by molar-refractivity contribution is 0.0792. The monoisotopic (exact) mass is 346 g/mol. The number of amides is 1. The Labute approximate surface area is 145 Å². The number of rotatable bonds is 6. The summed E-state index contributed by atoms with van der Waals surface area (Å²) in [6.07, 6.45) is 2.57. The fraction of sp³-hybridized carbons (Fsp3) is 0.471. The number of aryl methyl sites for hydroxylation is 1. The number of anilines is 1. The number of hydrogen-bond donors (Lipinski definition) is 1. The first-order chi connectivity index (χ1) is 11.6. The van der Waals surface area contributed by atoms with Crippen molar-refractivity contribution in [2.24, 2.45) is 0 Å². The molecule has 1 aromatic carbocycles. The highest BCUT2D eigenvalue weighted by Crippen LogP contribution is 2.17. The maximum Gasteiger partial charge on any atom is 0.286 e. The number of hydrogen-bond acceptors (Lipinski definition) is 6. The van der Waals surface area contributed by atoms with E-state index in [1.807, 2.05) is 38.2 Å². The Morgan fingerprint density at radius 2 is 2.17 bits per heavy atom. The van der Waals surface area contributed by atoms with Gasteiger partial charge in [-0.05, 0) is 38.9 Å². The van der Waals surface area contributed by atoms with E-state index >= 15 is 0 Å². The molecule has 0 spiro atoms. The van der Waals surface area contributed by atoms with Crippen LogP contribution in [0.1, 0.15) is 33.2 Å². The van der Waals surface area contributed by atoms with Crippen molar-refractivity contribution < 1.29 is 9.53 Å². The molecule has 1 aliphatic rings. The fourth-order valence-electron chi connectivity index (χ4n) is 2.66. The van der Waals surface area contributed by atoms with Gasteiger partial charge in [0, 0.05) is 18.8 Å². The number of aromatic nitrogens is 2. The minimum absolute atomic E-state index is 0.218. The average molecular weight is 346 g/mol. The summed E-state index contributed by atoms with van der Waals surface area (Å²) in [5.74, 6) is -0.218. The molecular formula is C17H22N4O2S. The lowest BCUT2D eigenvalue weighted by Crippen LogP contribution is -2.28. The highest BCUT2D eigenvalue weighted by atomic mass is 32.1. The number of nitrogens with one attached hydrogen (secondary N) is 1. The van der Waals surface area contributed by atoms with Gasteiger partial charge in [0.05, 0.1) is 12.6 Å². The van der Waals surface area contributed by atoms with Gasteiger partial charge in [-0.3, -0.25) is 9.69 Å². The molecule has 3 rings (SSSR count). The van der Waals surface area contributed by atoms with Gasteiger partial charge >= 0.3 is 0 Å². The first-order valence-corrected chi connectivity index (χ1v) is 8.92. The van der Waals surface area contributed by atoms with E-state index in [1.165, 1.54) is 11.3 Å². The van der Waals surface area contributed by atoms with Crippen LogP contribution in [0.15, 0.2) is 24.3 Å². The molecule has 0 unspecified atom stereocenters. The summed E-state index contributed by atoms with van der Waals surface area (Å²) in [4.78, 5) is 14.4. The van der Waals surface area contributed by atoms with E-state index in [2.05, 4.69) is 20.4 Å². The van der Waals surface area contributed by atoms with E-state index < -0.39 is 0 Å². The first kappa shape index (κ1) is 17.0. The largest absolute Gasteiger partial charge is 0.377 e. The quantitative estimate of drug-likeness (QED) is 0.871. The van der Waals surface area contributed by atoms with E-state index in [0.717, 1.165) is 42.3 Å². The third-order valence-electron chi connectivity index (χ3n) is 3.92. The second-order valence-electron chi connectivity index (χ2n) is 6.15. The molecule has 1 fully saturated rings. The molecule has 2 aromatic rings. The predicted molar refractivity (Wildman–Crippen MR) is 94.3 cm³/mol. The molecule has 1 atom stereocenters. The van der Waals surface area contributed by atoms with Crippen molar-refractivity contribution >= 4 is 22.9 Å². The molecule has 1 N–H and O–H groups in total. The van der Waals surface area contributed by atoms with Crippen molar-refractivity contribution in [2.45, 2.75) is 32.4 Å². The SMILES string of the molecule is Cc1ccc(NC(=O)c2nnc(CN(C)C[C@H]3CCCO3)s2)cc1. The van der Waals surface area contributed by atoms with Crippen molar-refractivity contribution in [2.75, 3.05) is 25.5 Å². The van der Waals surface area contributed by atoms with Crippen LogP contribution in [-0.4, -0.2) is 47.3 Å². The van der Waals surface area contributed by atoms with E-state index in [4.69, 9.17) is 4.74 Å². The summed E-state index contributed by atoms with van der Waals surface area (Å²) in [5.41, 5.74) is 1.92. The second-order valence-corrected chi connectivity index (χ2v) is 7.21. The summed E-state index contributed by atoms with van der Waals surface area (Å²) >= 11 is 1.33. The van der Waals surface area contributed by atoms with Gasteiger partial charge in [0.25, 0.3) is 5.91 Å². The number of ether oxygens (including phenoxy) is 1. The zero-order valence-electron chi connectivity index (χ0n) is 14.0. The molecule has 1 aromatic heterocycles. The zero-order chi connectivity index (χ0) is 16.9. The fourth-order valence-corrected chi connectivity index (χ4v) is 3.48. The Kier molecular flexibility index (Phi) is 5.55. The van der Waals surface area contributed by atoms with Crippen LogP contribution in [0, 0.1) is 6.92 Å². The molecular weight excluding hydrogens is 324 g/mol. The Morgan fingerprint density at radius 3 is 2.88 bits per heavy atom. The number of likely N-dealkylation sites (N-methyl/N-ethyl adjacent to an activating group) is 1. The summed E-state index contributed by atoms with van der Waals surface area (Å²) < 4.78 is 5.64. The van der Waals surface area contributed by atoms with Gasteiger partial charge < -0.3 is 10.1 Å². The maximum atomic E-state index is 12.2. The third-order valence-corrected chi connectivity index (χ3v) is 4.82. The lowest BCUT2D eigenvalue weighted by atomic mass is 10.2. The molecule has 7 heteroatoms. The molecule has 1 saturated heterocycles. The molecule has 0 aliphatic carbocycles. The van der Waals surface area contributed by atoms with Gasteiger partial charge in [-0.15, -0.1) is 10.2 Å². The van der Waals surface area contributed by atoms with Crippen LogP contribution < -0.4 is 5.32 Å².